The first-order chi connectivity index (χ1) is 6.34. The summed E-state index contributed by atoms with van der Waals surface area (Å²) in [4.78, 5) is 7.72. The van der Waals surface area contributed by atoms with Crippen molar-refractivity contribution in [1.29, 1.82) is 0 Å². The Morgan fingerprint density at radius 2 is 2.38 bits per heavy atom. The van der Waals surface area contributed by atoms with Crippen LogP contribution in [0.2, 0.25) is 0 Å². The number of rotatable bonds is 0. The molecule has 66 valence electrons. The van der Waals surface area contributed by atoms with Gasteiger partial charge in [0, 0.05) is 29.9 Å². The molecule has 1 aliphatic carbocycles. The van der Waals surface area contributed by atoms with Gasteiger partial charge in [0.2, 0.25) is 0 Å². The molecule has 0 saturated heterocycles. The zero-order chi connectivity index (χ0) is 8.84. The van der Waals surface area contributed by atoms with Crippen molar-refractivity contribution in [2.45, 2.75) is 18.9 Å². The van der Waals surface area contributed by atoms with E-state index in [1.165, 1.54) is 11.3 Å². The number of H-pyrrole nitrogens is 1. The summed E-state index contributed by atoms with van der Waals surface area (Å²) in [6.07, 6.45) is 3.76. The van der Waals surface area contributed by atoms with Gasteiger partial charge in [-0.1, -0.05) is 0 Å². The molecule has 1 atom stereocenters. The van der Waals surface area contributed by atoms with E-state index in [0.29, 0.717) is 0 Å². The molecule has 0 spiro atoms. The highest BCUT2D eigenvalue weighted by Crippen LogP contribution is 2.27. The lowest BCUT2D eigenvalue weighted by atomic mass is 10.2. The van der Waals surface area contributed by atoms with Gasteiger partial charge in [-0.05, 0) is 18.6 Å². The Hall–Kier alpha value is -1.35. The van der Waals surface area contributed by atoms with Crippen LogP contribution in [0, 0.1) is 0 Å². The van der Waals surface area contributed by atoms with E-state index >= 15 is 0 Å². The van der Waals surface area contributed by atoms with Crippen LogP contribution >= 0.6 is 0 Å². The molecule has 0 saturated carbocycles. The highest BCUT2D eigenvalue weighted by molar-refractivity contribution is 5.81. The summed E-state index contributed by atoms with van der Waals surface area (Å²) in [6.45, 7) is 0. The molecule has 1 aliphatic rings. The third-order valence-electron chi connectivity index (χ3n) is 2.68. The van der Waals surface area contributed by atoms with Gasteiger partial charge >= 0.3 is 0 Å². The standard InChI is InChI=1S/C10H11N3/c11-6-4-7-9(5-6)13-8-2-1-3-12-10(7)8/h1-3,6,13H,4-5,11H2. The van der Waals surface area contributed by atoms with Crippen LogP contribution < -0.4 is 5.73 Å². The maximum Gasteiger partial charge on any atom is 0.0914 e. The molecule has 2 aromatic rings. The monoisotopic (exact) mass is 173 g/mol. The molecule has 1 unspecified atom stereocenters. The second-order valence-electron chi connectivity index (χ2n) is 3.65. The van der Waals surface area contributed by atoms with E-state index in [0.717, 1.165) is 23.9 Å². The van der Waals surface area contributed by atoms with Crippen molar-refractivity contribution >= 4 is 11.0 Å². The Morgan fingerprint density at radius 1 is 1.46 bits per heavy atom. The average molecular weight is 173 g/mol. The van der Waals surface area contributed by atoms with Gasteiger partial charge in [-0.25, -0.2) is 0 Å². The van der Waals surface area contributed by atoms with Crippen LogP contribution in [0.25, 0.3) is 11.0 Å². The van der Waals surface area contributed by atoms with E-state index in [1.807, 2.05) is 12.3 Å². The Balaban J connectivity index is 2.31. The number of aromatic nitrogens is 2. The smallest absolute Gasteiger partial charge is 0.0914 e. The Kier molecular flexibility index (Phi) is 1.27. The van der Waals surface area contributed by atoms with Crippen molar-refractivity contribution in [1.82, 2.24) is 9.97 Å². The fourth-order valence-corrected chi connectivity index (χ4v) is 2.12. The van der Waals surface area contributed by atoms with Crippen LogP contribution in [0.4, 0.5) is 0 Å². The van der Waals surface area contributed by atoms with Crippen molar-refractivity contribution in [3.8, 4) is 0 Å². The minimum atomic E-state index is 0.285. The molecule has 0 fully saturated rings. The number of hydrogen-bond acceptors (Lipinski definition) is 2. The van der Waals surface area contributed by atoms with Crippen LogP contribution in [-0.4, -0.2) is 16.0 Å². The number of pyridine rings is 1. The molecular formula is C10H11N3. The fraction of sp³-hybridized carbons (Fsp3) is 0.300. The first kappa shape index (κ1) is 7.09. The molecule has 3 nitrogen and oxygen atoms in total. The lowest BCUT2D eigenvalue weighted by Crippen LogP contribution is -2.19. The van der Waals surface area contributed by atoms with Crippen molar-refractivity contribution in [2.24, 2.45) is 5.73 Å². The molecule has 2 aromatic heterocycles. The lowest BCUT2D eigenvalue weighted by Gasteiger charge is -1.98. The molecule has 0 amide bonds. The molecule has 3 N–H and O–H groups in total. The van der Waals surface area contributed by atoms with Crippen LogP contribution in [0.15, 0.2) is 18.3 Å². The quantitative estimate of drug-likeness (QED) is 0.624. The van der Waals surface area contributed by atoms with E-state index in [9.17, 15) is 0 Å². The van der Waals surface area contributed by atoms with E-state index in [2.05, 4.69) is 16.0 Å². The molecule has 3 rings (SSSR count). The summed E-state index contributed by atoms with van der Waals surface area (Å²) >= 11 is 0. The molecule has 0 bridgehead atoms. The van der Waals surface area contributed by atoms with Crippen molar-refractivity contribution < 1.29 is 0 Å². The van der Waals surface area contributed by atoms with Crippen molar-refractivity contribution in [3.05, 3.63) is 29.6 Å². The molecule has 3 heteroatoms. The number of nitrogens with two attached hydrogens (primary N) is 1. The zero-order valence-corrected chi connectivity index (χ0v) is 7.25. The van der Waals surface area contributed by atoms with Gasteiger partial charge < -0.3 is 10.7 Å². The average Bonchev–Trinajstić information content (AvgIpc) is 2.60. The minimum Gasteiger partial charge on any atom is -0.357 e. The summed E-state index contributed by atoms with van der Waals surface area (Å²) < 4.78 is 0. The SMILES string of the molecule is NC1Cc2[nH]c3cccnc3c2C1. The summed E-state index contributed by atoms with van der Waals surface area (Å²) in [5.41, 5.74) is 10.7. The van der Waals surface area contributed by atoms with E-state index in [4.69, 9.17) is 5.73 Å². The maximum atomic E-state index is 5.87. The van der Waals surface area contributed by atoms with Gasteiger partial charge in [0.25, 0.3) is 0 Å². The molecule has 0 aliphatic heterocycles. The Labute approximate surface area is 76.0 Å². The Bertz CT molecular complexity index is 458. The van der Waals surface area contributed by atoms with Crippen LogP contribution in [0.1, 0.15) is 11.3 Å². The summed E-state index contributed by atoms with van der Waals surface area (Å²) in [7, 11) is 0. The van der Waals surface area contributed by atoms with Crippen LogP contribution in [0.5, 0.6) is 0 Å². The topological polar surface area (TPSA) is 54.7 Å². The summed E-state index contributed by atoms with van der Waals surface area (Å²) in [5, 5.41) is 0. The third-order valence-corrected chi connectivity index (χ3v) is 2.68. The van der Waals surface area contributed by atoms with Crippen LogP contribution in [-0.2, 0) is 12.8 Å². The van der Waals surface area contributed by atoms with Crippen molar-refractivity contribution in [3.63, 3.8) is 0 Å². The third kappa shape index (κ3) is 0.906. The fourth-order valence-electron chi connectivity index (χ4n) is 2.12. The van der Waals surface area contributed by atoms with E-state index < -0.39 is 0 Å². The van der Waals surface area contributed by atoms with E-state index in [-0.39, 0.29) is 6.04 Å². The largest absolute Gasteiger partial charge is 0.357 e. The first-order valence-electron chi connectivity index (χ1n) is 4.54. The first-order valence-corrected chi connectivity index (χ1v) is 4.54. The van der Waals surface area contributed by atoms with Gasteiger partial charge in [0.05, 0.1) is 11.0 Å². The zero-order valence-electron chi connectivity index (χ0n) is 7.25. The Morgan fingerprint density at radius 3 is 3.31 bits per heavy atom. The number of nitrogens with one attached hydrogen (secondary N) is 1. The predicted molar refractivity (Wildman–Crippen MR) is 51.5 cm³/mol. The summed E-state index contributed by atoms with van der Waals surface area (Å²) in [5.74, 6) is 0. The second kappa shape index (κ2) is 2.33. The lowest BCUT2D eigenvalue weighted by molar-refractivity contribution is 0.715. The maximum absolute atomic E-state index is 5.87. The van der Waals surface area contributed by atoms with Gasteiger partial charge in [-0.2, -0.15) is 0 Å². The van der Waals surface area contributed by atoms with Gasteiger partial charge in [-0.15, -0.1) is 0 Å². The normalized spacial score (nSPS) is 20.8. The molecule has 2 heterocycles. The second-order valence-corrected chi connectivity index (χ2v) is 3.65. The van der Waals surface area contributed by atoms with Gasteiger partial charge in [-0.3, -0.25) is 4.98 Å². The van der Waals surface area contributed by atoms with Crippen molar-refractivity contribution in [2.75, 3.05) is 0 Å². The van der Waals surface area contributed by atoms with Gasteiger partial charge in [0.15, 0.2) is 0 Å². The molecule has 13 heavy (non-hydrogen) atoms. The predicted octanol–water partition coefficient (Wildman–Crippen LogP) is 0.989. The highest BCUT2D eigenvalue weighted by atomic mass is 14.8. The minimum absolute atomic E-state index is 0.285. The van der Waals surface area contributed by atoms with Gasteiger partial charge in [0.1, 0.15) is 0 Å². The molecule has 0 aromatic carbocycles. The van der Waals surface area contributed by atoms with Crippen LogP contribution in [0.3, 0.4) is 0 Å². The number of nitrogens with zero attached hydrogens (tertiary/aromatic N) is 1. The van der Waals surface area contributed by atoms with E-state index in [1.54, 1.807) is 0 Å². The molecule has 0 radical (unpaired) electrons. The summed E-state index contributed by atoms with van der Waals surface area (Å²) in [6, 6.07) is 4.30. The number of fused-ring (bicyclic) bond motifs is 3. The number of aromatic amines is 1. The molecular weight excluding hydrogens is 162 g/mol. The highest BCUT2D eigenvalue weighted by Gasteiger charge is 2.22. The number of hydrogen-bond donors (Lipinski definition) is 2.